The number of amides is 1. The van der Waals surface area contributed by atoms with Gasteiger partial charge in [0.1, 0.15) is 0 Å². The van der Waals surface area contributed by atoms with Gasteiger partial charge in [-0.1, -0.05) is 36.4 Å². The maximum Gasteiger partial charge on any atom is 0.409 e. The second-order valence-corrected chi connectivity index (χ2v) is 8.40. The lowest BCUT2D eigenvalue weighted by atomic mass is 9.61. The summed E-state index contributed by atoms with van der Waals surface area (Å²) in [5, 5.41) is 2.29. The number of likely N-dealkylation sites (tertiary alicyclic amines) is 1. The number of ether oxygens (including phenoxy) is 3. The van der Waals surface area contributed by atoms with Crippen LogP contribution >= 0.6 is 0 Å². The molecule has 166 valence electrons. The number of ketones is 1. The second kappa shape index (κ2) is 8.97. The van der Waals surface area contributed by atoms with Crippen molar-refractivity contribution in [3.63, 3.8) is 0 Å². The Balaban J connectivity index is 1.69. The highest BCUT2D eigenvalue weighted by atomic mass is 16.7. The zero-order valence-corrected chi connectivity index (χ0v) is 18.6. The number of carbonyl (C=O) groups is 2. The monoisotopic (exact) mass is 425 g/mol. The molecule has 6 heteroatoms. The molecule has 0 aromatic heterocycles. The predicted octanol–water partition coefficient (Wildman–Crippen LogP) is 4.30. The van der Waals surface area contributed by atoms with E-state index in [4.69, 9.17) is 14.2 Å². The van der Waals surface area contributed by atoms with Gasteiger partial charge in [0.05, 0.1) is 12.0 Å². The fourth-order valence-electron chi connectivity index (χ4n) is 5.02. The number of rotatable bonds is 7. The molecule has 1 amide bonds. The Morgan fingerprint density at radius 3 is 2.32 bits per heavy atom. The van der Waals surface area contributed by atoms with E-state index in [1.165, 1.54) is 5.56 Å². The van der Waals surface area contributed by atoms with Crippen LogP contribution in [-0.2, 0) is 25.4 Å². The van der Waals surface area contributed by atoms with Crippen molar-refractivity contribution >= 4 is 22.6 Å². The summed E-state index contributed by atoms with van der Waals surface area (Å²) < 4.78 is 16.7. The van der Waals surface area contributed by atoms with E-state index in [1.807, 2.05) is 26.0 Å². The van der Waals surface area contributed by atoms with E-state index >= 15 is 0 Å². The van der Waals surface area contributed by atoms with Crippen molar-refractivity contribution in [3.05, 3.63) is 47.5 Å². The number of nitrogens with zero attached hydrogens (tertiary/aromatic N) is 1. The highest BCUT2D eigenvalue weighted by molar-refractivity contribution is 5.97. The highest BCUT2D eigenvalue weighted by Gasteiger charge is 2.56. The number of carbonyl (C=O) groups excluding carboxylic acids is 2. The quantitative estimate of drug-likeness (QED) is 0.619. The summed E-state index contributed by atoms with van der Waals surface area (Å²) in [5.74, 6) is -0.138. The van der Waals surface area contributed by atoms with Gasteiger partial charge in [0, 0.05) is 38.6 Å². The van der Waals surface area contributed by atoms with Crippen molar-refractivity contribution in [3.8, 4) is 0 Å². The first-order chi connectivity index (χ1) is 15.0. The molecule has 0 saturated carbocycles. The van der Waals surface area contributed by atoms with Gasteiger partial charge in [-0.15, -0.1) is 0 Å². The number of hydrogen-bond donors (Lipinski definition) is 0. The first-order valence-corrected chi connectivity index (χ1v) is 11.2. The molecule has 0 radical (unpaired) electrons. The SMILES string of the molecule is CCOC(=O)N1CC2(Cc3cc4ccccc4cc3C(CC(OCC)OCC)C2=O)C1. The Bertz CT molecular complexity index is 960. The normalized spacial score (nSPS) is 19.5. The van der Waals surface area contributed by atoms with Crippen LogP contribution in [0.4, 0.5) is 4.79 Å². The minimum atomic E-state index is -0.560. The van der Waals surface area contributed by atoms with Crippen LogP contribution in [0.5, 0.6) is 0 Å². The molecule has 2 aromatic carbocycles. The number of hydrogen-bond acceptors (Lipinski definition) is 5. The molecule has 1 unspecified atom stereocenters. The molecule has 1 aliphatic carbocycles. The largest absolute Gasteiger partial charge is 0.450 e. The summed E-state index contributed by atoms with van der Waals surface area (Å²) in [4.78, 5) is 27.6. The molecule has 2 aliphatic rings. The fraction of sp³-hybridized carbons (Fsp3) is 0.520. The topological polar surface area (TPSA) is 65.1 Å². The summed E-state index contributed by atoms with van der Waals surface area (Å²) in [6, 6.07) is 12.6. The second-order valence-electron chi connectivity index (χ2n) is 8.40. The Hall–Kier alpha value is -2.44. The molecule has 6 nitrogen and oxygen atoms in total. The average molecular weight is 426 g/mol. The van der Waals surface area contributed by atoms with Crippen molar-refractivity contribution < 1.29 is 23.8 Å². The molecule has 1 heterocycles. The van der Waals surface area contributed by atoms with E-state index in [2.05, 4.69) is 24.3 Å². The van der Waals surface area contributed by atoms with E-state index in [-0.39, 0.29) is 17.8 Å². The van der Waals surface area contributed by atoms with Gasteiger partial charge < -0.3 is 19.1 Å². The molecule has 1 saturated heterocycles. The minimum absolute atomic E-state index is 0.181. The molecular formula is C25H31NO5. The third-order valence-electron chi connectivity index (χ3n) is 6.40. The molecular weight excluding hydrogens is 394 g/mol. The molecule has 0 bridgehead atoms. The van der Waals surface area contributed by atoms with Crippen LogP contribution in [-0.4, -0.2) is 56.0 Å². The molecule has 1 atom stereocenters. The molecule has 1 fully saturated rings. The Morgan fingerprint density at radius 1 is 1.06 bits per heavy atom. The van der Waals surface area contributed by atoms with Gasteiger partial charge in [0.15, 0.2) is 12.1 Å². The van der Waals surface area contributed by atoms with Gasteiger partial charge >= 0.3 is 6.09 Å². The molecule has 2 aromatic rings. The third-order valence-corrected chi connectivity index (χ3v) is 6.40. The summed E-state index contributed by atoms with van der Waals surface area (Å²) in [5.41, 5.74) is 1.68. The summed E-state index contributed by atoms with van der Waals surface area (Å²) in [6.07, 6.45) is 0.349. The van der Waals surface area contributed by atoms with Gasteiger partial charge in [-0.05, 0) is 49.1 Å². The van der Waals surface area contributed by atoms with Crippen molar-refractivity contribution in [2.75, 3.05) is 32.9 Å². The van der Waals surface area contributed by atoms with Crippen LogP contribution in [0.1, 0.15) is 44.2 Å². The Morgan fingerprint density at radius 2 is 1.71 bits per heavy atom. The van der Waals surface area contributed by atoms with Gasteiger partial charge in [0.25, 0.3) is 0 Å². The lowest BCUT2D eigenvalue weighted by molar-refractivity contribution is -0.156. The fourth-order valence-corrected chi connectivity index (χ4v) is 5.02. The van der Waals surface area contributed by atoms with Gasteiger partial charge in [-0.3, -0.25) is 4.79 Å². The van der Waals surface area contributed by atoms with Crippen LogP contribution in [0.25, 0.3) is 10.8 Å². The van der Waals surface area contributed by atoms with Crippen LogP contribution in [0.3, 0.4) is 0 Å². The zero-order valence-electron chi connectivity index (χ0n) is 18.6. The molecule has 1 spiro atoms. The Kier molecular flexibility index (Phi) is 6.30. The lowest BCUT2D eigenvalue weighted by Crippen LogP contribution is -2.65. The maximum atomic E-state index is 13.8. The molecule has 31 heavy (non-hydrogen) atoms. The van der Waals surface area contributed by atoms with Crippen LogP contribution in [0.2, 0.25) is 0 Å². The van der Waals surface area contributed by atoms with E-state index in [9.17, 15) is 9.59 Å². The zero-order chi connectivity index (χ0) is 22.0. The average Bonchev–Trinajstić information content (AvgIpc) is 2.73. The van der Waals surface area contributed by atoms with Gasteiger partial charge in [0.2, 0.25) is 0 Å². The van der Waals surface area contributed by atoms with E-state index in [0.717, 1.165) is 16.3 Å². The summed E-state index contributed by atoms with van der Waals surface area (Å²) >= 11 is 0. The standard InChI is InChI=1S/C25H31NO5/c1-4-29-22(30-5-2)13-21-20-12-18-10-8-7-9-17(18)11-19(20)14-25(23(21)27)15-26(16-25)24(28)31-6-3/h7-12,21-22H,4-6,13-16H2,1-3H3. The molecule has 4 rings (SSSR count). The van der Waals surface area contributed by atoms with Crippen molar-refractivity contribution in [1.29, 1.82) is 0 Å². The third kappa shape index (κ3) is 4.06. The number of Topliss-reactive ketones (excluding diaryl/α,β-unsaturated/α-hetero) is 1. The predicted molar refractivity (Wildman–Crippen MR) is 118 cm³/mol. The lowest BCUT2D eigenvalue weighted by Gasteiger charge is -2.52. The smallest absolute Gasteiger partial charge is 0.409 e. The molecule has 1 aliphatic heterocycles. The minimum Gasteiger partial charge on any atom is -0.450 e. The number of benzene rings is 2. The van der Waals surface area contributed by atoms with Crippen molar-refractivity contribution in [2.45, 2.75) is 45.8 Å². The van der Waals surface area contributed by atoms with E-state index in [0.29, 0.717) is 45.8 Å². The van der Waals surface area contributed by atoms with Crippen LogP contribution < -0.4 is 0 Å². The summed E-state index contributed by atoms with van der Waals surface area (Å²) in [6.45, 7) is 7.84. The number of fused-ring (bicyclic) bond motifs is 2. The van der Waals surface area contributed by atoms with Gasteiger partial charge in [-0.25, -0.2) is 4.79 Å². The molecule has 0 N–H and O–H groups in total. The Labute approximate surface area is 183 Å². The first kappa shape index (κ1) is 21.8. The van der Waals surface area contributed by atoms with Crippen molar-refractivity contribution in [1.82, 2.24) is 4.90 Å². The van der Waals surface area contributed by atoms with Gasteiger partial charge in [-0.2, -0.15) is 0 Å². The van der Waals surface area contributed by atoms with E-state index < -0.39 is 11.7 Å². The van der Waals surface area contributed by atoms with Crippen LogP contribution in [0, 0.1) is 5.41 Å². The van der Waals surface area contributed by atoms with Crippen molar-refractivity contribution in [2.24, 2.45) is 5.41 Å². The summed E-state index contributed by atoms with van der Waals surface area (Å²) in [7, 11) is 0. The first-order valence-electron chi connectivity index (χ1n) is 11.2. The van der Waals surface area contributed by atoms with E-state index in [1.54, 1.807) is 11.8 Å². The maximum absolute atomic E-state index is 13.8. The highest BCUT2D eigenvalue weighted by Crippen LogP contribution is 2.48. The van der Waals surface area contributed by atoms with Crippen LogP contribution in [0.15, 0.2) is 36.4 Å².